The van der Waals surface area contributed by atoms with E-state index in [1.165, 1.54) is 25.5 Å². The molecular weight excluding hydrogens is 376 g/mol. The van der Waals surface area contributed by atoms with Gasteiger partial charge in [-0.3, -0.25) is 19.7 Å². The molecule has 0 radical (unpaired) electrons. The maximum Gasteiger partial charge on any atom is 0.335 e. The van der Waals surface area contributed by atoms with Crippen molar-refractivity contribution in [3.63, 3.8) is 0 Å². The monoisotopic (exact) mass is 390 g/mol. The summed E-state index contributed by atoms with van der Waals surface area (Å²) in [6, 6.07) is 11.9. The number of hydrogen-bond donors (Lipinski definition) is 1. The van der Waals surface area contributed by atoms with Crippen molar-refractivity contribution in [1.82, 2.24) is 5.32 Å². The number of nitrogens with one attached hydrogen (secondary N) is 1. The highest BCUT2D eigenvalue weighted by Gasteiger charge is 2.37. The lowest BCUT2D eigenvalue weighted by molar-refractivity contribution is -0.122. The van der Waals surface area contributed by atoms with E-state index < -0.39 is 23.3 Å². The molecule has 1 fully saturated rings. The topological polar surface area (TPSA) is 106 Å². The number of ether oxygens (including phenoxy) is 1. The van der Waals surface area contributed by atoms with Gasteiger partial charge in [0.05, 0.1) is 23.7 Å². The molecule has 144 valence electrons. The Labute approximate surface area is 164 Å². The molecule has 2 aromatic carbocycles. The number of imide groups is 2. The minimum absolute atomic E-state index is 0.0197. The lowest BCUT2D eigenvalue weighted by atomic mass is 10.1. The fourth-order valence-electron chi connectivity index (χ4n) is 2.97. The van der Waals surface area contributed by atoms with Gasteiger partial charge in [-0.05, 0) is 42.5 Å². The van der Waals surface area contributed by atoms with Crippen LogP contribution < -0.4 is 20.4 Å². The second kappa shape index (κ2) is 7.08. The third-order valence-corrected chi connectivity index (χ3v) is 4.44. The van der Waals surface area contributed by atoms with E-state index in [4.69, 9.17) is 9.15 Å². The number of amides is 4. The van der Waals surface area contributed by atoms with Crippen LogP contribution in [0.3, 0.4) is 0 Å². The number of methoxy groups -OCH3 is 1. The first-order valence-corrected chi connectivity index (χ1v) is 8.55. The van der Waals surface area contributed by atoms with Gasteiger partial charge in [-0.15, -0.1) is 0 Å². The SMILES string of the molecule is COc1ccc(N2C(=O)NC(=O)/C(=C\c3coc4ccccc4c3=O)C2=O)cc1. The van der Waals surface area contributed by atoms with Crippen molar-refractivity contribution in [2.45, 2.75) is 0 Å². The number of nitrogens with zero attached hydrogens (tertiary/aromatic N) is 1. The van der Waals surface area contributed by atoms with Crippen LogP contribution in [0.4, 0.5) is 10.5 Å². The number of benzene rings is 2. The Balaban J connectivity index is 1.77. The molecule has 1 aliphatic heterocycles. The van der Waals surface area contributed by atoms with Crippen LogP contribution in [-0.2, 0) is 9.59 Å². The Morgan fingerprint density at radius 2 is 1.72 bits per heavy atom. The van der Waals surface area contributed by atoms with E-state index in [9.17, 15) is 19.2 Å². The lowest BCUT2D eigenvalue weighted by Gasteiger charge is -2.26. The molecule has 2 heterocycles. The molecule has 1 saturated heterocycles. The molecule has 1 aliphatic rings. The first-order valence-electron chi connectivity index (χ1n) is 8.55. The highest BCUT2D eigenvalue weighted by molar-refractivity contribution is 6.39. The minimum atomic E-state index is -0.891. The van der Waals surface area contributed by atoms with Crippen LogP contribution >= 0.6 is 0 Å². The molecule has 4 amide bonds. The lowest BCUT2D eigenvalue weighted by Crippen LogP contribution is -2.54. The third-order valence-electron chi connectivity index (χ3n) is 4.44. The van der Waals surface area contributed by atoms with Crippen LogP contribution in [-0.4, -0.2) is 25.0 Å². The van der Waals surface area contributed by atoms with Gasteiger partial charge >= 0.3 is 6.03 Å². The second-order valence-corrected chi connectivity index (χ2v) is 6.17. The fraction of sp³-hybridized carbons (Fsp3) is 0.0476. The Morgan fingerprint density at radius 3 is 2.45 bits per heavy atom. The molecule has 8 nitrogen and oxygen atoms in total. The van der Waals surface area contributed by atoms with E-state index in [2.05, 4.69) is 5.32 Å². The quantitative estimate of drug-likeness (QED) is 0.544. The van der Waals surface area contributed by atoms with Crippen LogP contribution in [0, 0.1) is 0 Å². The third kappa shape index (κ3) is 3.16. The maximum atomic E-state index is 12.9. The molecule has 8 heteroatoms. The minimum Gasteiger partial charge on any atom is -0.497 e. The van der Waals surface area contributed by atoms with Gasteiger partial charge in [-0.25, -0.2) is 9.69 Å². The number of para-hydroxylation sites is 1. The summed E-state index contributed by atoms with van der Waals surface area (Å²) >= 11 is 0. The van der Waals surface area contributed by atoms with E-state index in [1.54, 1.807) is 36.4 Å². The van der Waals surface area contributed by atoms with Gasteiger partial charge < -0.3 is 9.15 Å². The number of urea groups is 1. The van der Waals surface area contributed by atoms with Crippen molar-refractivity contribution in [2.75, 3.05) is 12.0 Å². The van der Waals surface area contributed by atoms with Crippen LogP contribution in [0.1, 0.15) is 5.56 Å². The van der Waals surface area contributed by atoms with Crippen molar-refractivity contribution in [2.24, 2.45) is 0 Å². The Bertz CT molecular complexity index is 1240. The average molecular weight is 390 g/mol. The Hall–Kier alpha value is -4.20. The molecule has 0 atom stereocenters. The fourth-order valence-corrected chi connectivity index (χ4v) is 2.97. The summed E-state index contributed by atoms with van der Waals surface area (Å²) in [5.41, 5.74) is -0.103. The van der Waals surface area contributed by atoms with Crippen molar-refractivity contribution in [3.8, 4) is 5.75 Å². The molecular formula is C21H14N2O6. The molecule has 0 bridgehead atoms. The molecule has 29 heavy (non-hydrogen) atoms. The van der Waals surface area contributed by atoms with E-state index >= 15 is 0 Å². The number of rotatable bonds is 3. The molecule has 0 spiro atoms. The predicted octanol–water partition coefficient (Wildman–Crippen LogP) is 2.47. The van der Waals surface area contributed by atoms with Gasteiger partial charge in [0.15, 0.2) is 5.43 Å². The summed E-state index contributed by atoms with van der Waals surface area (Å²) in [5, 5.41) is 2.42. The van der Waals surface area contributed by atoms with Crippen molar-refractivity contribution >= 4 is 40.6 Å². The van der Waals surface area contributed by atoms with Crippen molar-refractivity contribution in [1.29, 1.82) is 0 Å². The van der Waals surface area contributed by atoms with Gasteiger partial charge in [0.1, 0.15) is 23.2 Å². The molecule has 1 aromatic heterocycles. The van der Waals surface area contributed by atoms with Crippen LogP contribution in [0.2, 0.25) is 0 Å². The van der Waals surface area contributed by atoms with Crippen LogP contribution in [0.25, 0.3) is 17.0 Å². The molecule has 3 aromatic rings. The summed E-state index contributed by atoms with van der Waals surface area (Å²) in [4.78, 5) is 50.9. The van der Waals surface area contributed by atoms with Gasteiger partial charge in [-0.1, -0.05) is 12.1 Å². The largest absolute Gasteiger partial charge is 0.497 e. The zero-order chi connectivity index (χ0) is 20.5. The molecule has 4 rings (SSSR count). The van der Waals surface area contributed by atoms with E-state index in [1.807, 2.05) is 0 Å². The zero-order valence-corrected chi connectivity index (χ0v) is 15.2. The number of barbiturate groups is 1. The van der Waals surface area contributed by atoms with Gasteiger partial charge in [0, 0.05) is 0 Å². The van der Waals surface area contributed by atoms with Gasteiger partial charge in [0.25, 0.3) is 11.8 Å². The number of anilines is 1. The summed E-state index contributed by atoms with van der Waals surface area (Å²) in [5.74, 6) is -1.20. The number of carbonyl (C=O) groups is 3. The molecule has 1 N–H and O–H groups in total. The van der Waals surface area contributed by atoms with Crippen LogP contribution in [0.5, 0.6) is 5.75 Å². The smallest absolute Gasteiger partial charge is 0.335 e. The Kier molecular flexibility index (Phi) is 4.44. The normalized spacial score (nSPS) is 15.7. The summed E-state index contributed by atoms with van der Waals surface area (Å²) in [6.07, 6.45) is 2.30. The molecule has 0 aliphatic carbocycles. The van der Waals surface area contributed by atoms with Crippen molar-refractivity contribution < 1.29 is 23.5 Å². The first kappa shape index (κ1) is 18.2. The van der Waals surface area contributed by atoms with Crippen molar-refractivity contribution in [3.05, 3.63) is 76.2 Å². The highest BCUT2D eigenvalue weighted by atomic mass is 16.5. The zero-order valence-electron chi connectivity index (χ0n) is 15.2. The van der Waals surface area contributed by atoms with Gasteiger partial charge in [0.2, 0.25) is 0 Å². The standard InChI is InChI=1S/C21H14N2O6/c1-28-14-8-6-13(7-9-14)23-20(26)16(19(25)22-21(23)27)10-12-11-29-17-5-3-2-4-15(17)18(12)24/h2-11H,1H3,(H,22,25,27)/b16-10+. The summed E-state index contributed by atoms with van der Waals surface area (Å²) in [6.45, 7) is 0. The first-order chi connectivity index (χ1) is 14.0. The molecule has 0 saturated carbocycles. The van der Waals surface area contributed by atoms with E-state index in [0.717, 1.165) is 11.0 Å². The van der Waals surface area contributed by atoms with E-state index in [-0.39, 0.29) is 16.8 Å². The predicted molar refractivity (Wildman–Crippen MR) is 104 cm³/mol. The van der Waals surface area contributed by atoms with Crippen LogP contribution in [0.15, 0.2) is 69.6 Å². The second-order valence-electron chi connectivity index (χ2n) is 6.17. The Morgan fingerprint density at radius 1 is 1.00 bits per heavy atom. The number of hydrogen-bond acceptors (Lipinski definition) is 6. The maximum absolute atomic E-state index is 12.9. The summed E-state index contributed by atoms with van der Waals surface area (Å²) < 4.78 is 10.5. The number of carbonyl (C=O) groups excluding carboxylic acids is 3. The average Bonchev–Trinajstić information content (AvgIpc) is 2.73. The number of fused-ring (bicyclic) bond motifs is 1. The van der Waals surface area contributed by atoms with Gasteiger partial charge in [-0.2, -0.15) is 0 Å². The highest BCUT2D eigenvalue weighted by Crippen LogP contribution is 2.24. The van der Waals surface area contributed by atoms with E-state index in [0.29, 0.717) is 16.7 Å². The summed E-state index contributed by atoms with van der Waals surface area (Å²) in [7, 11) is 1.49. The molecule has 0 unspecified atom stereocenters.